The summed E-state index contributed by atoms with van der Waals surface area (Å²) in [6.07, 6.45) is 0.802. The Labute approximate surface area is 97.0 Å². The molecule has 1 aromatic rings. The Hall–Kier alpha value is -1.35. The summed E-state index contributed by atoms with van der Waals surface area (Å²) in [5.41, 5.74) is 8.43. The maximum absolute atomic E-state index is 11.9. The second-order valence-electron chi connectivity index (χ2n) is 4.29. The topological polar surface area (TPSA) is 55.1 Å². The molecule has 1 aromatic carbocycles. The molecular formula is C13H20N2O. The van der Waals surface area contributed by atoms with Gasteiger partial charge >= 0.3 is 0 Å². The molecule has 88 valence electrons. The van der Waals surface area contributed by atoms with Gasteiger partial charge in [0.1, 0.15) is 0 Å². The van der Waals surface area contributed by atoms with Gasteiger partial charge in [0.05, 0.1) is 0 Å². The molecule has 0 saturated carbocycles. The van der Waals surface area contributed by atoms with E-state index < -0.39 is 0 Å². The van der Waals surface area contributed by atoms with Crippen molar-refractivity contribution in [2.24, 2.45) is 5.73 Å². The summed E-state index contributed by atoms with van der Waals surface area (Å²) in [6, 6.07) is 5.99. The number of benzene rings is 1. The van der Waals surface area contributed by atoms with Crippen molar-refractivity contribution in [2.75, 3.05) is 6.54 Å². The third-order valence-corrected chi connectivity index (χ3v) is 2.59. The summed E-state index contributed by atoms with van der Waals surface area (Å²) in [5, 5.41) is 2.89. The second kappa shape index (κ2) is 5.66. The van der Waals surface area contributed by atoms with E-state index in [0.29, 0.717) is 6.54 Å². The Kier molecular flexibility index (Phi) is 4.50. The van der Waals surface area contributed by atoms with Crippen LogP contribution in [0.1, 0.15) is 34.8 Å². The van der Waals surface area contributed by atoms with Crippen molar-refractivity contribution in [3.63, 3.8) is 0 Å². The van der Waals surface area contributed by atoms with Gasteiger partial charge in [-0.1, -0.05) is 18.2 Å². The molecule has 0 heterocycles. The fourth-order valence-electron chi connectivity index (χ4n) is 1.67. The van der Waals surface area contributed by atoms with Gasteiger partial charge in [0, 0.05) is 18.2 Å². The quantitative estimate of drug-likeness (QED) is 0.812. The average Bonchev–Trinajstić information content (AvgIpc) is 2.16. The number of nitrogens with one attached hydrogen (secondary N) is 1. The number of hydrogen-bond acceptors (Lipinski definition) is 2. The maximum atomic E-state index is 11.9. The fraction of sp³-hybridized carbons (Fsp3) is 0.462. The first-order valence-electron chi connectivity index (χ1n) is 5.62. The highest BCUT2D eigenvalue weighted by Crippen LogP contribution is 2.12. The van der Waals surface area contributed by atoms with Gasteiger partial charge in [0.15, 0.2) is 0 Å². The number of aryl methyl sites for hydroxylation is 2. The van der Waals surface area contributed by atoms with Crippen LogP contribution in [0.5, 0.6) is 0 Å². The highest BCUT2D eigenvalue weighted by Gasteiger charge is 2.10. The minimum Gasteiger partial charge on any atom is -0.352 e. The lowest BCUT2D eigenvalue weighted by Gasteiger charge is -2.11. The molecule has 16 heavy (non-hydrogen) atoms. The molecule has 1 atom stereocenters. The minimum atomic E-state index is -0.00347. The van der Waals surface area contributed by atoms with Gasteiger partial charge in [-0.15, -0.1) is 0 Å². The van der Waals surface area contributed by atoms with E-state index in [9.17, 15) is 4.79 Å². The van der Waals surface area contributed by atoms with E-state index >= 15 is 0 Å². The molecule has 3 N–H and O–H groups in total. The Balaban J connectivity index is 2.66. The standard InChI is InChI=1S/C13H20N2O/c1-9-5-4-6-10(2)12(9)13(16)15-8-7-11(3)14/h4-6,11H,7-8,14H2,1-3H3,(H,15,16). The van der Waals surface area contributed by atoms with Crippen LogP contribution in [0.25, 0.3) is 0 Å². The molecular weight excluding hydrogens is 200 g/mol. The van der Waals surface area contributed by atoms with E-state index in [0.717, 1.165) is 23.1 Å². The predicted molar refractivity (Wildman–Crippen MR) is 66.5 cm³/mol. The summed E-state index contributed by atoms with van der Waals surface area (Å²) in [5.74, 6) is -0.00347. The van der Waals surface area contributed by atoms with Crippen LogP contribution >= 0.6 is 0 Å². The summed E-state index contributed by atoms with van der Waals surface area (Å²) in [4.78, 5) is 11.9. The predicted octanol–water partition coefficient (Wildman–Crippen LogP) is 1.77. The lowest BCUT2D eigenvalue weighted by atomic mass is 10.0. The molecule has 0 aliphatic carbocycles. The zero-order chi connectivity index (χ0) is 12.1. The van der Waals surface area contributed by atoms with E-state index in [4.69, 9.17) is 5.73 Å². The molecule has 0 spiro atoms. The summed E-state index contributed by atoms with van der Waals surface area (Å²) >= 11 is 0. The number of rotatable bonds is 4. The SMILES string of the molecule is Cc1cccc(C)c1C(=O)NCCC(C)N. The lowest BCUT2D eigenvalue weighted by molar-refractivity contribution is 0.0951. The average molecular weight is 220 g/mol. The van der Waals surface area contributed by atoms with Crippen molar-refractivity contribution in [3.8, 4) is 0 Å². The van der Waals surface area contributed by atoms with E-state index in [1.807, 2.05) is 39.0 Å². The van der Waals surface area contributed by atoms with Crippen molar-refractivity contribution >= 4 is 5.91 Å². The van der Waals surface area contributed by atoms with Gasteiger partial charge < -0.3 is 11.1 Å². The number of carbonyl (C=O) groups is 1. The van der Waals surface area contributed by atoms with E-state index in [-0.39, 0.29) is 11.9 Å². The second-order valence-corrected chi connectivity index (χ2v) is 4.29. The molecule has 0 saturated heterocycles. The van der Waals surface area contributed by atoms with Gasteiger partial charge in [0.2, 0.25) is 0 Å². The van der Waals surface area contributed by atoms with Gasteiger partial charge in [-0.3, -0.25) is 4.79 Å². The van der Waals surface area contributed by atoms with Crippen molar-refractivity contribution in [1.29, 1.82) is 0 Å². The minimum absolute atomic E-state index is 0.00347. The zero-order valence-corrected chi connectivity index (χ0v) is 10.2. The molecule has 3 heteroatoms. The highest BCUT2D eigenvalue weighted by atomic mass is 16.1. The molecule has 0 radical (unpaired) electrons. The van der Waals surface area contributed by atoms with Crippen LogP contribution in [0.15, 0.2) is 18.2 Å². The van der Waals surface area contributed by atoms with E-state index in [1.54, 1.807) is 0 Å². The van der Waals surface area contributed by atoms with Crippen LogP contribution in [0.4, 0.5) is 0 Å². The zero-order valence-electron chi connectivity index (χ0n) is 10.2. The Morgan fingerprint density at radius 2 is 1.94 bits per heavy atom. The fourth-order valence-corrected chi connectivity index (χ4v) is 1.67. The third kappa shape index (κ3) is 3.35. The molecule has 3 nitrogen and oxygen atoms in total. The van der Waals surface area contributed by atoms with Gasteiger partial charge in [-0.05, 0) is 38.3 Å². The Morgan fingerprint density at radius 3 is 2.44 bits per heavy atom. The van der Waals surface area contributed by atoms with Crippen molar-refractivity contribution in [1.82, 2.24) is 5.32 Å². The summed E-state index contributed by atoms with van der Waals surface area (Å²) in [6.45, 7) is 6.47. The summed E-state index contributed by atoms with van der Waals surface area (Å²) in [7, 11) is 0. The largest absolute Gasteiger partial charge is 0.352 e. The molecule has 1 amide bonds. The molecule has 0 fully saturated rings. The number of amides is 1. The van der Waals surface area contributed by atoms with Crippen LogP contribution in [0, 0.1) is 13.8 Å². The van der Waals surface area contributed by atoms with E-state index in [2.05, 4.69) is 5.32 Å². The van der Waals surface area contributed by atoms with Crippen molar-refractivity contribution in [3.05, 3.63) is 34.9 Å². The smallest absolute Gasteiger partial charge is 0.251 e. The van der Waals surface area contributed by atoms with Gasteiger partial charge in [-0.2, -0.15) is 0 Å². The number of hydrogen-bond donors (Lipinski definition) is 2. The highest BCUT2D eigenvalue weighted by molar-refractivity contribution is 5.97. The molecule has 1 rings (SSSR count). The van der Waals surface area contributed by atoms with Crippen LogP contribution in [-0.2, 0) is 0 Å². The van der Waals surface area contributed by atoms with Crippen molar-refractivity contribution in [2.45, 2.75) is 33.2 Å². The lowest BCUT2D eigenvalue weighted by Crippen LogP contribution is -2.29. The summed E-state index contributed by atoms with van der Waals surface area (Å²) < 4.78 is 0. The monoisotopic (exact) mass is 220 g/mol. The third-order valence-electron chi connectivity index (χ3n) is 2.59. The van der Waals surface area contributed by atoms with Crippen LogP contribution in [0.2, 0.25) is 0 Å². The van der Waals surface area contributed by atoms with Crippen molar-refractivity contribution < 1.29 is 4.79 Å². The first-order chi connectivity index (χ1) is 7.52. The number of nitrogens with two attached hydrogens (primary N) is 1. The van der Waals surface area contributed by atoms with E-state index in [1.165, 1.54) is 0 Å². The molecule has 1 unspecified atom stereocenters. The first kappa shape index (κ1) is 12.7. The first-order valence-corrected chi connectivity index (χ1v) is 5.62. The molecule has 0 aromatic heterocycles. The van der Waals surface area contributed by atoms with Crippen LogP contribution < -0.4 is 11.1 Å². The van der Waals surface area contributed by atoms with Crippen LogP contribution in [0.3, 0.4) is 0 Å². The van der Waals surface area contributed by atoms with Crippen LogP contribution in [-0.4, -0.2) is 18.5 Å². The Morgan fingerprint density at radius 1 is 1.38 bits per heavy atom. The Bertz CT molecular complexity index is 352. The molecule has 0 bridgehead atoms. The van der Waals surface area contributed by atoms with Gasteiger partial charge in [0.25, 0.3) is 5.91 Å². The normalized spacial score (nSPS) is 12.2. The molecule has 0 aliphatic rings. The maximum Gasteiger partial charge on any atom is 0.251 e. The van der Waals surface area contributed by atoms with Gasteiger partial charge in [-0.25, -0.2) is 0 Å². The molecule has 0 aliphatic heterocycles. The number of carbonyl (C=O) groups excluding carboxylic acids is 1.